The van der Waals surface area contributed by atoms with Crippen molar-refractivity contribution >= 4 is 46.4 Å². The van der Waals surface area contributed by atoms with Gasteiger partial charge in [-0.2, -0.15) is 0 Å². The quantitative estimate of drug-likeness (QED) is 0.533. The molecule has 0 bridgehead atoms. The molecule has 33 heavy (non-hydrogen) atoms. The minimum atomic E-state index is -2.26. The van der Waals surface area contributed by atoms with Gasteiger partial charge in [0.25, 0.3) is 0 Å². The third-order valence-electron chi connectivity index (χ3n) is 9.58. The zero-order valence-electron chi connectivity index (χ0n) is 19.2. The molecule has 0 aromatic rings. The molecule has 1 saturated heterocycles. The average Bonchev–Trinajstić information content (AvgIpc) is 3.11. The smallest absolute Gasteiger partial charge is 0.234 e. The summed E-state index contributed by atoms with van der Waals surface area (Å²) in [4.78, 5) is 24.4. The van der Waals surface area contributed by atoms with Gasteiger partial charge in [-0.25, -0.2) is 4.39 Å². The predicted molar refractivity (Wildman–Crippen MR) is 122 cm³/mol. The highest BCUT2D eigenvalue weighted by Crippen LogP contribution is 2.73. The number of ether oxygens (including phenoxy) is 2. The van der Waals surface area contributed by atoms with E-state index in [1.807, 2.05) is 13.8 Å². The average molecular weight is 524 g/mol. The molecule has 0 aromatic heterocycles. The van der Waals surface area contributed by atoms with Crippen molar-refractivity contribution in [3.05, 3.63) is 11.6 Å². The highest BCUT2D eigenvalue weighted by atomic mass is 35.5. The molecule has 5 nitrogen and oxygen atoms in total. The van der Waals surface area contributed by atoms with E-state index in [1.54, 1.807) is 19.9 Å². The Labute approximate surface area is 208 Å². The van der Waals surface area contributed by atoms with Crippen LogP contribution >= 0.6 is 34.8 Å². The predicted octanol–water partition coefficient (Wildman–Crippen LogP) is 4.67. The van der Waals surface area contributed by atoms with Gasteiger partial charge < -0.3 is 14.6 Å². The lowest BCUT2D eigenvalue weighted by molar-refractivity contribution is -0.223. The van der Waals surface area contributed by atoms with E-state index in [0.29, 0.717) is 25.7 Å². The second-order valence-corrected chi connectivity index (χ2v) is 13.0. The van der Waals surface area contributed by atoms with Crippen molar-refractivity contribution < 1.29 is 28.6 Å². The minimum absolute atomic E-state index is 0.0158. The fourth-order valence-electron chi connectivity index (χ4n) is 8.26. The van der Waals surface area contributed by atoms with Gasteiger partial charge in [0.15, 0.2) is 17.2 Å². The normalized spacial score (nSPS) is 53.4. The Morgan fingerprint density at radius 1 is 1.24 bits per heavy atom. The lowest BCUT2D eigenvalue weighted by Gasteiger charge is -2.65. The van der Waals surface area contributed by atoms with E-state index in [2.05, 4.69) is 0 Å². The van der Waals surface area contributed by atoms with Crippen LogP contribution in [0.4, 0.5) is 4.39 Å². The van der Waals surface area contributed by atoms with E-state index in [-0.39, 0.29) is 24.0 Å². The van der Waals surface area contributed by atoms with Crippen molar-refractivity contribution in [3.63, 3.8) is 0 Å². The number of ketones is 2. The summed E-state index contributed by atoms with van der Waals surface area (Å²) >= 11 is 20.0. The van der Waals surface area contributed by atoms with Gasteiger partial charge in [0.1, 0.15) is 0 Å². The van der Waals surface area contributed by atoms with Crippen molar-refractivity contribution in [2.75, 3.05) is 0 Å². The summed E-state index contributed by atoms with van der Waals surface area (Å²) in [6.45, 7) is 7.23. The molecule has 5 rings (SSSR count). The third kappa shape index (κ3) is 2.83. The first kappa shape index (κ1) is 24.5. The number of carbonyl (C=O) groups excluding carboxylic acids is 2. The molecular formula is C24H30Cl3FO5. The first-order chi connectivity index (χ1) is 15.1. The standard InChI is InChI=1S/C24H30Cl3FO5/c1-20(2)32-17-9-12-13-8-15(25)14-7-11(29)5-6-21(14,3)23(13,27)16(30)10-22(12,4)24(17,33-20)18(31)19(26)28/h7,12-13,15-17,19,30H,5-6,8-10H2,1-4H3/t12-,13-,15-,16-,17+,19?,21-,22-,23-,24-/m0/s1. The van der Waals surface area contributed by atoms with Crippen LogP contribution in [0.25, 0.3) is 0 Å². The number of allylic oxidation sites excluding steroid dienone is 1. The second-order valence-electron chi connectivity index (χ2n) is 11.5. The van der Waals surface area contributed by atoms with E-state index < -0.39 is 56.1 Å². The van der Waals surface area contributed by atoms with E-state index in [0.717, 1.165) is 5.57 Å². The number of rotatable bonds is 2. The van der Waals surface area contributed by atoms with Gasteiger partial charge in [0.05, 0.1) is 22.5 Å². The van der Waals surface area contributed by atoms with Gasteiger partial charge in [-0.05, 0) is 63.0 Å². The SMILES string of the molecule is CC1(C)O[C@@H]2C[C@H]3[C@@H]4C[C@H](Cl)C5=CC(=O)CC[C@]5(C)[C@@]4(Cl)[C@@H](O)C[C@]3(C)[C@]2(C(=O)C(F)Cl)O1. The molecule has 184 valence electrons. The summed E-state index contributed by atoms with van der Waals surface area (Å²) < 4.78 is 26.8. The summed E-state index contributed by atoms with van der Waals surface area (Å²) in [6.07, 6.45) is 1.63. The second kappa shape index (κ2) is 7.17. The number of carbonyl (C=O) groups is 2. The van der Waals surface area contributed by atoms with Crippen LogP contribution < -0.4 is 0 Å². The molecule has 4 aliphatic carbocycles. The minimum Gasteiger partial charge on any atom is -0.391 e. The van der Waals surface area contributed by atoms with Crippen molar-refractivity contribution in [2.24, 2.45) is 22.7 Å². The van der Waals surface area contributed by atoms with Crippen LogP contribution in [0.1, 0.15) is 59.8 Å². The Kier molecular flexibility index (Phi) is 5.31. The first-order valence-electron chi connectivity index (χ1n) is 11.6. The maximum absolute atomic E-state index is 14.4. The van der Waals surface area contributed by atoms with Crippen LogP contribution in [0.2, 0.25) is 0 Å². The number of aliphatic hydroxyl groups is 1. The van der Waals surface area contributed by atoms with Gasteiger partial charge in [0.2, 0.25) is 11.4 Å². The summed E-state index contributed by atoms with van der Waals surface area (Å²) in [6, 6.07) is 0. The highest BCUT2D eigenvalue weighted by Gasteiger charge is 2.80. The van der Waals surface area contributed by atoms with Gasteiger partial charge in [-0.1, -0.05) is 25.4 Å². The maximum Gasteiger partial charge on any atom is 0.234 e. The number of hydrogen-bond donors (Lipinski definition) is 1. The van der Waals surface area contributed by atoms with Gasteiger partial charge in [0, 0.05) is 17.3 Å². The van der Waals surface area contributed by atoms with Crippen molar-refractivity contribution in [2.45, 2.75) is 99.3 Å². The number of aliphatic hydroxyl groups excluding tert-OH is 1. The molecule has 1 unspecified atom stereocenters. The molecule has 0 aromatic carbocycles. The van der Waals surface area contributed by atoms with E-state index >= 15 is 0 Å². The zero-order chi connectivity index (χ0) is 24.4. The fraction of sp³-hybridized carbons (Fsp3) is 0.833. The number of Topliss-reactive ketones (excluding diaryl/α,β-unsaturated/α-hetero) is 1. The molecule has 3 saturated carbocycles. The molecule has 1 N–H and O–H groups in total. The molecule has 5 aliphatic rings. The summed E-state index contributed by atoms with van der Waals surface area (Å²) in [5.41, 5.74) is -4.78. The molecule has 10 atom stereocenters. The van der Waals surface area contributed by atoms with Gasteiger partial charge in [-0.3, -0.25) is 9.59 Å². The van der Waals surface area contributed by atoms with Crippen molar-refractivity contribution in [1.29, 1.82) is 0 Å². The Bertz CT molecular complexity index is 954. The summed E-state index contributed by atoms with van der Waals surface area (Å²) in [5.74, 6) is -2.48. The lowest BCUT2D eigenvalue weighted by Crippen LogP contribution is -2.71. The number of halogens is 4. The molecule has 9 heteroatoms. The third-order valence-corrected chi connectivity index (χ3v) is 11.1. The molecule has 1 heterocycles. The Balaban J connectivity index is 1.66. The maximum atomic E-state index is 14.4. The Hall–Kier alpha value is -0.240. The van der Waals surface area contributed by atoms with E-state index in [1.165, 1.54) is 0 Å². The topological polar surface area (TPSA) is 72.8 Å². The Morgan fingerprint density at radius 2 is 1.91 bits per heavy atom. The molecule has 0 spiro atoms. The van der Waals surface area contributed by atoms with Crippen LogP contribution in [-0.4, -0.2) is 56.2 Å². The monoisotopic (exact) mass is 522 g/mol. The van der Waals surface area contributed by atoms with Crippen LogP contribution in [0.3, 0.4) is 0 Å². The Morgan fingerprint density at radius 3 is 2.55 bits per heavy atom. The molecule has 0 amide bonds. The van der Waals surface area contributed by atoms with Crippen molar-refractivity contribution in [3.8, 4) is 0 Å². The molecule has 1 aliphatic heterocycles. The fourth-order valence-corrected chi connectivity index (χ4v) is 9.44. The van der Waals surface area contributed by atoms with Crippen molar-refractivity contribution in [1.82, 2.24) is 0 Å². The van der Waals surface area contributed by atoms with Gasteiger partial charge in [-0.15, -0.1) is 23.2 Å². The molecule has 4 fully saturated rings. The van der Waals surface area contributed by atoms with Crippen LogP contribution in [0, 0.1) is 22.7 Å². The van der Waals surface area contributed by atoms with Gasteiger partial charge >= 0.3 is 0 Å². The van der Waals surface area contributed by atoms with Crippen LogP contribution in [0.15, 0.2) is 11.6 Å². The number of alkyl halides is 4. The lowest BCUT2D eigenvalue weighted by atomic mass is 9.44. The number of fused-ring (bicyclic) bond motifs is 7. The van der Waals surface area contributed by atoms with E-state index in [4.69, 9.17) is 44.3 Å². The highest BCUT2D eigenvalue weighted by molar-refractivity contribution is 6.31. The molecule has 0 radical (unpaired) electrons. The summed E-state index contributed by atoms with van der Waals surface area (Å²) in [7, 11) is 0. The van der Waals surface area contributed by atoms with Crippen LogP contribution in [0.5, 0.6) is 0 Å². The largest absolute Gasteiger partial charge is 0.391 e. The number of hydrogen-bond acceptors (Lipinski definition) is 5. The summed E-state index contributed by atoms with van der Waals surface area (Å²) in [5, 5.41) is 11.3. The first-order valence-corrected chi connectivity index (χ1v) is 12.9. The zero-order valence-corrected chi connectivity index (χ0v) is 21.4. The molecular weight excluding hydrogens is 494 g/mol. The van der Waals surface area contributed by atoms with Crippen LogP contribution in [-0.2, 0) is 19.1 Å². The van der Waals surface area contributed by atoms with E-state index in [9.17, 15) is 19.1 Å².